The van der Waals surface area contributed by atoms with Crippen LogP contribution >= 0.6 is 11.6 Å². The van der Waals surface area contributed by atoms with Gasteiger partial charge in [0, 0.05) is 6.54 Å². The van der Waals surface area contributed by atoms with E-state index < -0.39 is 10.2 Å². The van der Waals surface area contributed by atoms with Crippen molar-refractivity contribution in [1.82, 2.24) is 4.72 Å². The van der Waals surface area contributed by atoms with Crippen molar-refractivity contribution >= 4 is 33.2 Å². The van der Waals surface area contributed by atoms with E-state index in [-0.39, 0.29) is 5.92 Å². The first-order valence-corrected chi connectivity index (χ1v) is 6.98. The van der Waals surface area contributed by atoms with E-state index >= 15 is 0 Å². The molecule has 0 aliphatic heterocycles. The van der Waals surface area contributed by atoms with Crippen molar-refractivity contribution in [2.75, 3.05) is 17.0 Å². The van der Waals surface area contributed by atoms with E-state index in [0.717, 1.165) is 0 Å². The largest absolute Gasteiger partial charge is 0.398 e. The zero-order valence-corrected chi connectivity index (χ0v) is 11.3. The highest BCUT2D eigenvalue weighted by Gasteiger charge is 2.10. The molecule has 0 aliphatic carbocycles. The summed E-state index contributed by atoms with van der Waals surface area (Å²) in [5.41, 5.74) is 6.31. The van der Waals surface area contributed by atoms with E-state index in [1.165, 1.54) is 6.07 Å². The average Bonchev–Trinajstić information content (AvgIpc) is 2.21. The van der Waals surface area contributed by atoms with Gasteiger partial charge < -0.3 is 5.73 Å². The number of nitrogen functional groups attached to an aromatic ring is 1. The molecule has 0 bridgehead atoms. The first kappa shape index (κ1) is 14.1. The first-order chi connectivity index (χ1) is 7.80. The van der Waals surface area contributed by atoms with Crippen molar-refractivity contribution in [2.24, 2.45) is 5.92 Å². The summed E-state index contributed by atoms with van der Waals surface area (Å²) in [6.45, 7) is 4.21. The minimum atomic E-state index is -3.56. The second-order valence-electron chi connectivity index (χ2n) is 4.08. The molecule has 1 rings (SSSR count). The van der Waals surface area contributed by atoms with Crippen molar-refractivity contribution in [3.63, 3.8) is 0 Å². The lowest BCUT2D eigenvalue weighted by atomic mass is 10.2. The van der Waals surface area contributed by atoms with Crippen LogP contribution in [0.4, 0.5) is 11.4 Å². The summed E-state index contributed by atoms with van der Waals surface area (Å²) in [5.74, 6) is 0.238. The van der Waals surface area contributed by atoms with Crippen molar-refractivity contribution in [1.29, 1.82) is 0 Å². The maximum Gasteiger partial charge on any atom is 0.299 e. The molecule has 0 saturated carbocycles. The van der Waals surface area contributed by atoms with Gasteiger partial charge in [-0.25, -0.2) is 0 Å². The van der Waals surface area contributed by atoms with Crippen LogP contribution < -0.4 is 15.2 Å². The lowest BCUT2D eigenvalue weighted by Crippen LogP contribution is -2.32. The molecule has 5 nitrogen and oxygen atoms in total. The minimum absolute atomic E-state index is 0.238. The van der Waals surface area contributed by atoms with Crippen LogP contribution in [-0.4, -0.2) is 15.0 Å². The molecule has 0 aromatic heterocycles. The predicted octanol–water partition coefficient (Wildman–Crippen LogP) is 1.82. The molecule has 0 aliphatic rings. The normalized spacial score (nSPS) is 11.8. The lowest BCUT2D eigenvalue weighted by molar-refractivity contribution is 0.565. The topological polar surface area (TPSA) is 84.2 Å². The van der Waals surface area contributed by atoms with Crippen molar-refractivity contribution in [3.8, 4) is 0 Å². The Bertz CT molecular complexity index is 488. The highest BCUT2D eigenvalue weighted by atomic mass is 35.5. The van der Waals surface area contributed by atoms with Crippen molar-refractivity contribution in [2.45, 2.75) is 13.8 Å². The zero-order chi connectivity index (χ0) is 13.1. The highest BCUT2D eigenvalue weighted by Crippen LogP contribution is 2.22. The number of rotatable bonds is 5. The van der Waals surface area contributed by atoms with Gasteiger partial charge in [0.1, 0.15) is 0 Å². The Balaban J connectivity index is 2.73. The summed E-state index contributed by atoms with van der Waals surface area (Å²) in [5, 5.41) is 0.314. The standard InChI is InChI=1S/C10H16ClN3O2S/c1-7(2)6-13-17(15,16)14-8-3-4-10(12)9(11)5-8/h3-5,7,13-14H,6,12H2,1-2H3. The van der Waals surface area contributed by atoms with Crippen LogP contribution in [0.3, 0.4) is 0 Å². The van der Waals surface area contributed by atoms with Crippen LogP contribution in [0.1, 0.15) is 13.8 Å². The number of hydrogen-bond acceptors (Lipinski definition) is 3. The third-order valence-corrected chi connectivity index (χ3v) is 3.31. The van der Waals surface area contributed by atoms with Gasteiger partial charge in [0.25, 0.3) is 10.2 Å². The second-order valence-corrected chi connectivity index (χ2v) is 5.99. The molecule has 0 fully saturated rings. The predicted molar refractivity (Wildman–Crippen MR) is 71.2 cm³/mol. The molecule has 4 N–H and O–H groups in total. The van der Waals surface area contributed by atoms with Crippen LogP contribution in [-0.2, 0) is 10.2 Å². The molecule has 0 heterocycles. The Morgan fingerprint density at radius 1 is 1.41 bits per heavy atom. The van der Waals surface area contributed by atoms with Gasteiger partial charge >= 0.3 is 0 Å². The Kier molecular flexibility index (Phi) is 4.62. The van der Waals surface area contributed by atoms with Crippen LogP contribution in [0, 0.1) is 5.92 Å². The van der Waals surface area contributed by atoms with Gasteiger partial charge in [-0.3, -0.25) is 4.72 Å². The first-order valence-electron chi connectivity index (χ1n) is 5.12. The Morgan fingerprint density at radius 3 is 2.59 bits per heavy atom. The highest BCUT2D eigenvalue weighted by molar-refractivity contribution is 7.90. The van der Waals surface area contributed by atoms with Gasteiger partial charge in [0.15, 0.2) is 0 Å². The molecule has 0 unspecified atom stereocenters. The molecule has 1 aromatic rings. The Morgan fingerprint density at radius 2 is 2.06 bits per heavy atom. The molecule has 0 radical (unpaired) electrons. The third kappa shape index (κ3) is 4.80. The molecule has 0 amide bonds. The summed E-state index contributed by atoms with van der Waals surface area (Å²) in [6.07, 6.45) is 0. The monoisotopic (exact) mass is 277 g/mol. The number of nitrogens with one attached hydrogen (secondary N) is 2. The Labute approximate surface area is 107 Å². The maximum atomic E-state index is 11.6. The van der Waals surface area contributed by atoms with Gasteiger partial charge in [-0.15, -0.1) is 0 Å². The molecule has 0 atom stereocenters. The van der Waals surface area contributed by atoms with E-state index in [4.69, 9.17) is 17.3 Å². The smallest absolute Gasteiger partial charge is 0.299 e. The molecule has 7 heteroatoms. The summed E-state index contributed by atoms with van der Waals surface area (Å²) in [4.78, 5) is 0. The van der Waals surface area contributed by atoms with Gasteiger partial charge in [-0.1, -0.05) is 25.4 Å². The quantitative estimate of drug-likeness (QED) is 0.718. The van der Waals surface area contributed by atoms with Gasteiger partial charge in [0.2, 0.25) is 0 Å². The SMILES string of the molecule is CC(C)CNS(=O)(=O)Nc1ccc(N)c(Cl)c1. The number of benzene rings is 1. The van der Waals surface area contributed by atoms with Crippen LogP contribution in [0.2, 0.25) is 5.02 Å². The fourth-order valence-electron chi connectivity index (χ4n) is 1.06. The van der Waals surface area contributed by atoms with E-state index in [9.17, 15) is 8.42 Å². The van der Waals surface area contributed by atoms with E-state index in [1.54, 1.807) is 12.1 Å². The summed E-state index contributed by atoms with van der Waals surface area (Å²) < 4.78 is 28.0. The molecular formula is C10H16ClN3O2S. The molecule has 17 heavy (non-hydrogen) atoms. The zero-order valence-electron chi connectivity index (χ0n) is 9.70. The fourth-order valence-corrected chi connectivity index (χ4v) is 2.30. The van der Waals surface area contributed by atoms with E-state index in [0.29, 0.717) is 22.9 Å². The lowest BCUT2D eigenvalue weighted by Gasteiger charge is -2.11. The minimum Gasteiger partial charge on any atom is -0.398 e. The van der Waals surface area contributed by atoms with Gasteiger partial charge in [0.05, 0.1) is 16.4 Å². The average molecular weight is 278 g/mol. The maximum absolute atomic E-state index is 11.6. The third-order valence-electron chi connectivity index (χ3n) is 1.93. The molecule has 96 valence electrons. The fraction of sp³-hybridized carbons (Fsp3) is 0.400. The summed E-state index contributed by atoms with van der Waals surface area (Å²) in [6, 6.07) is 4.56. The van der Waals surface area contributed by atoms with Crippen LogP contribution in [0.25, 0.3) is 0 Å². The summed E-state index contributed by atoms with van der Waals surface area (Å²) >= 11 is 5.79. The molecule has 0 saturated heterocycles. The van der Waals surface area contributed by atoms with Crippen molar-refractivity contribution < 1.29 is 8.42 Å². The number of anilines is 2. The van der Waals surface area contributed by atoms with Gasteiger partial charge in [-0.2, -0.15) is 13.1 Å². The molecule has 0 spiro atoms. The van der Waals surface area contributed by atoms with E-state index in [2.05, 4.69) is 9.44 Å². The van der Waals surface area contributed by atoms with Crippen LogP contribution in [0.15, 0.2) is 18.2 Å². The number of hydrogen-bond donors (Lipinski definition) is 3. The van der Waals surface area contributed by atoms with Crippen LogP contribution in [0.5, 0.6) is 0 Å². The molecule has 1 aromatic carbocycles. The second kappa shape index (κ2) is 5.57. The number of halogens is 1. The van der Waals surface area contributed by atoms with E-state index in [1.807, 2.05) is 13.8 Å². The summed E-state index contributed by atoms with van der Waals surface area (Å²) in [7, 11) is -3.56. The number of nitrogens with two attached hydrogens (primary N) is 1. The Hall–Kier alpha value is -0.980. The molecular weight excluding hydrogens is 262 g/mol. The van der Waals surface area contributed by atoms with Gasteiger partial charge in [-0.05, 0) is 24.1 Å². The van der Waals surface area contributed by atoms with Crippen molar-refractivity contribution in [3.05, 3.63) is 23.2 Å².